The van der Waals surface area contributed by atoms with Crippen LogP contribution >= 0.6 is 15.9 Å². The van der Waals surface area contributed by atoms with Crippen molar-refractivity contribution in [3.8, 4) is 0 Å². The molecule has 0 N–H and O–H groups in total. The van der Waals surface area contributed by atoms with Crippen LogP contribution in [0.1, 0.15) is 11.1 Å². The van der Waals surface area contributed by atoms with Crippen LogP contribution in [0.25, 0.3) is 10.4 Å². The molecule has 0 unspecified atom stereocenters. The van der Waals surface area contributed by atoms with E-state index in [2.05, 4.69) is 26.0 Å². The summed E-state index contributed by atoms with van der Waals surface area (Å²) < 4.78 is 37.4. The molecule has 80 valence electrons. The number of halogens is 4. The molecule has 1 rings (SSSR count). The second kappa shape index (κ2) is 4.12. The Labute approximate surface area is 91.7 Å². The van der Waals surface area contributed by atoms with Gasteiger partial charge in [-0.1, -0.05) is 21.0 Å². The van der Waals surface area contributed by atoms with Gasteiger partial charge >= 0.3 is 6.18 Å². The molecule has 0 heterocycles. The number of hydrogen-bond donors (Lipinski definition) is 0. The predicted molar refractivity (Wildman–Crippen MR) is 52.7 cm³/mol. The molecule has 0 bridgehead atoms. The van der Waals surface area contributed by atoms with Crippen LogP contribution < -0.4 is 0 Å². The average Bonchev–Trinajstić information content (AvgIpc) is 2.11. The lowest BCUT2D eigenvalue weighted by Crippen LogP contribution is -2.04. The van der Waals surface area contributed by atoms with Gasteiger partial charge in [0, 0.05) is 15.1 Å². The summed E-state index contributed by atoms with van der Waals surface area (Å²) in [5.74, 6) is 0. The zero-order valence-corrected chi connectivity index (χ0v) is 9.09. The monoisotopic (exact) mass is 279 g/mol. The zero-order valence-electron chi connectivity index (χ0n) is 7.51. The highest BCUT2D eigenvalue weighted by atomic mass is 79.9. The van der Waals surface area contributed by atoms with Gasteiger partial charge in [0.05, 0.1) is 5.56 Å². The van der Waals surface area contributed by atoms with Crippen LogP contribution in [0.4, 0.5) is 18.9 Å². The number of azide groups is 1. The Morgan fingerprint density at radius 3 is 2.47 bits per heavy atom. The lowest BCUT2D eigenvalue weighted by molar-refractivity contribution is -0.137. The first kappa shape index (κ1) is 11.9. The van der Waals surface area contributed by atoms with Gasteiger partial charge in [0.1, 0.15) is 0 Å². The Morgan fingerprint density at radius 2 is 2.00 bits per heavy atom. The van der Waals surface area contributed by atoms with Gasteiger partial charge in [-0.15, -0.1) is 0 Å². The maximum absolute atomic E-state index is 12.4. The van der Waals surface area contributed by atoms with E-state index in [0.29, 0.717) is 5.56 Å². The minimum absolute atomic E-state index is 0.0285. The van der Waals surface area contributed by atoms with E-state index in [0.717, 1.165) is 12.1 Å². The van der Waals surface area contributed by atoms with Crippen LogP contribution in [-0.2, 0) is 6.18 Å². The van der Waals surface area contributed by atoms with E-state index in [4.69, 9.17) is 5.53 Å². The van der Waals surface area contributed by atoms with Crippen molar-refractivity contribution in [1.82, 2.24) is 0 Å². The molecule has 0 radical (unpaired) electrons. The van der Waals surface area contributed by atoms with Crippen LogP contribution in [0.3, 0.4) is 0 Å². The number of hydrogen-bond acceptors (Lipinski definition) is 1. The van der Waals surface area contributed by atoms with E-state index < -0.39 is 11.7 Å². The van der Waals surface area contributed by atoms with E-state index >= 15 is 0 Å². The van der Waals surface area contributed by atoms with E-state index in [1.165, 1.54) is 0 Å². The number of rotatable bonds is 1. The molecule has 0 spiro atoms. The van der Waals surface area contributed by atoms with Crippen molar-refractivity contribution in [3.05, 3.63) is 38.2 Å². The molecule has 0 aromatic heterocycles. The third-order valence-electron chi connectivity index (χ3n) is 1.80. The fourth-order valence-corrected chi connectivity index (χ4v) is 1.43. The quantitative estimate of drug-likeness (QED) is 0.406. The largest absolute Gasteiger partial charge is 0.416 e. The predicted octanol–water partition coefficient (Wildman–Crippen LogP) is 4.72. The summed E-state index contributed by atoms with van der Waals surface area (Å²) in [7, 11) is 0. The van der Waals surface area contributed by atoms with Crippen molar-refractivity contribution >= 4 is 21.6 Å². The second-order valence-corrected chi connectivity index (χ2v) is 3.64. The fourth-order valence-electron chi connectivity index (χ4n) is 0.980. The molecule has 0 saturated heterocycles. The smallest absolute Gasteiger partial charge is 0.166 e. The van der Waals surface area contributed by atoms with Crippen LogP contribution in [0.5, 0.6) is 0 Å². The highest BCUT2D eigenvalue weighted by molar-refractivity contribution is 9.10. The third kappa shape index (κ3) is 2.64. The third-order valence-corrected chi connectivity index (χ3v) is 2.62. The molecular formula is C8H5BrF3N3. The summed E-state index contributed by atoms with van der Waals surface area (Å²) in [6.45, 7) is 1.56. The fraction of sp³-hybridized carbons (Fsp3) is 0.250. The summed E-state index contributed by atoms with van der Waals surface area (Å²) in [5.41, 5.74) is 7.79. The first-order valence-corrected chi connectivity index (χ1v) is 4.58. The highest BCUT2D eigenvalue weighted by Gasteiger charge is 2.31. The number of nitrogens with zero attached hydrogens (tertiary/aromatic N) is 3. The Morgan fingerprint density at radius 1 is 1.40 bits per heavy atom. The van der Waals surface area contributed by atoms with Crippen LogP contribution in [0.2, 0.25) is 0 Å². The summed E-state index contributed by atoms with van der Waals surface area (Å²) in [5, 5.41) is 3.19. The van der Waals surface area contributed by atoms with Gasteiger partial charge < -0.3 is 0 Å². The van der Waals surface area contributed by atoms with Crippen LogP contribution in [0, 0.1) is 6.92 Å². The van der Waals surface area contributed by atoms with E-state index in [-0.39, 0.29) is 10.2 Å². The Kier molecular flexibility index (Phi) is 3.26. The minimum Gasteiger partial charge on any atom is -0.166 e. The topological polar surface area (TPSA) is 48.8 Å². The van der Waals surface area contributed by atoms with E-state index in [9.17, 15) is 13.2 Å². The summed E-state index contributed by atoms with van der Waals surface area (Å²) in [6.07, 6.45) is -4.45. The van der Waals surface area contributed by atoms with Crippen molar-refractivity contribution in [2.75, 3.05) is 0 Å². The minimum atomic E-state index is -4.45. The molecule has 0 aliphatic carbocycles. The Bertz CT molecular complexity index is 435. The first-order valence-electron chi connectivity index (χ1n) is 3.78. The van der Waals surface area contributed by atoms with E-state index in [1.807, 2.05) is 0 Å². The maximum atomic E-state index is 12.4. The molecule has 3 nitrogen and oxygen atoms in total. The Hall–Kier alpha value is -1.20. The second-order valence-electron chi connectivity index (χ2n) is 2.79. The SMILES string of the molecule is Cc1c(Br)cc(C(F)(F)F)cc1N=[N+]=[N-]. The van der Waals surface area contributed by atoms with Crippen molar-refractivity contribution in [2.45, 2.75) is 13.1 Å². The standard InChI is InChI=1S/C8H5BrF3N3/c1-4-6(9)2-5(8(10,11)12)3-7(4)14-15-13/h2-3H,1H3. The maximum Gasteiger partial charge on any atom is 0.416 e. The lowest BCUT2D eigenvalue weighted by Gasteiger charge is -2.10. The molecule has 0 aliphatic rings. The number of alkyl halides is 3. The molecule has 0 aliphatic heterocycles. The molecule has 1 aromatic rings. The molecule has 7 heteroatoms. The molecule has 0 fully saturated rings. The molecule has 0 amide bonds. The normalized spacial score (nSPS) is 11.0. The summed E-state index contributed by atoms with van der Waals surface area (Å²) in [6, 6.07) is 1.77. The molecule has 1 aromatic carbocycles. The van der Waals surface area contributed by atoms with Gasteiger partial charge in [0.25, 0.3) is 0 Å². The molecular weight excluding hydrogens is 275 g/mol. The van der Waals surface area contributed by atoms with Crippen molar-refractivity contribution in [3.63, 3.8) is 0 Å². The number of benzene rings is 1. The van der Waals surface area contributed by atoms with Crippen molar-refractivity contribution in [2.24, 2.45) is 5.11 Å². The first-order chi connectivity index (χ1) is 6.86. The van der Waals surface area contributed by atoms with Crippen molar-refractivity contribution in [1.29, 1.82) is 0 Å². The lowest BCUT2D eigenvalue weighted by atomic mass is 10.1. The highest BCUT2D eigenvalue weighted by Crippen LogP contribution is 2.36. The van der Waals surface area contributed by atoms with Gasteiger partial charge in [-0.2, -0.15) is 13.2 Å². The zero-order chi connectivity index (χ0) is 11.6. The summed E-state index contributed by atoms with van der Waals surface area (Å²) in [4.78, 5) is 2.47. The van der Waals surface area contributed by atoms with Gasteiger partial charge in [-0.25, -0.2) is 0 Å². The van der Waals surface area contributed by atoms with Crippen molar-refractivity contribution < 1.29 is 13.2 Å². The molecule has 0 atom stereocenters. The summed E-state index contributed by atoms with van der Waals surface area (Å²) >= 11 is 2.98. The molecule has 15 heavy (non-hydrogen) atoms. The Balaban J connectivity index is 3.42. The van der Waals surface area contributed by atoms with Gasteiger partial charge in [0.15, 0.2) is 0 Å². The molecule has 0 saturated carbocycles. The van der Waals surface area contributed by atoms with Gasteiger partial charge in [-0.3, -0.25) is 0 Å². The van der Waals surface area contributed by atoms with Crippen LogP contribution in [0.15, 0.2) is 21.7 Å². The van der Waals surface area contributed by atoms with E-state index in [1.54, 1.807) is 6.92 Å². The van der Waals surface area contributed by atoms with Crippen LogP contribution in [-0.4, -0.2) is 0 Å². The average molecular weight is 280 g/mol. The van der Waals surface area contributed by atoms with Gasteiger partial charge in [0.2, 0.25) is 0 Å². The van der Waals surface area contributed by atoms with Gasteiger partial charge in [-0.05, 0) is 30.2 Å².